The SMILES string of the molecule is O=C1OC(c2cc(I)ccc2Cl)=N/C1=C\c1cc(Br)c(OCc2ccc(Cl)cc2)c(Br)c1. The van der Waals surface area contributed by atoms with Crippen LogP contribution in [-0.2, 0) is 16.1 Å². The van der Waals surface area contributed by atoms with Gasteiger partial charge in [0.2, 0.25) is 5.90 Å². The van der Waals surface area contributed by atoms with Crippen LogP contribution in [0.3, 0.4) is 0 Å². The fourth-order valence-corrected chi connectivity index (χ4v) is 5.15. The molecule has 1 heterocycles. The molecule has 4 rings (SSSR count). The van der Waals surface area contributed by atoms with E-state index in [0.717, 1.165) is 23.6 Å². The second-order valence-corrected chi connectivity index (χ2v) is 10.5. The van der Waals surface area contributed by atoms with Crippen LogP contribution < -0.4 is 4.74 Å². The lowest BCUT2D eigenvalue weighted by Gasteiger charge is -2.11. The second kappa shape index (κ2) is 10.3. The zero-order valence-corrected chi connectivity index (χ0v) is 22.9. The van der Waals surface area contributed by atoms with Crippen LogP contribution in [0, 0.1) is 3.57 Å². The molecule has 3 aromatic rings. The molecule has 3 aromatic carbocycles. The summed E-state index contributed by atoms with van der Waals surface area (Å²) in [5.41, 5.74) is 2.49. The minimum Gasteiger partial charge on any atom is -0.487 e. The van der Waals surface area contributed by atoms with Gasteiger partial charge in [-0.3, -0.25) is 0 Å². The van der Waals surface area contributed by atoms with E-state index in [4.69, 9.17) is 32.7 Å². The highest BCUT2D eigenvalue weighted by molar-refractivity contribution is 14.1. The highest BCUT2D eigenvalue weighted by atomic mass is 127. The number of carbonyl (C=O) groups excluding carboxylic acids is 1. The number of ether oxygens (including phenoxy) is 2. The van der Waals surface area contributed by atoms with Gasteiger partial charge in [-0.25, -0.2) is 9.79 Å². The van der Waals surface area contributed by atoms with E-state index in [-0.39, 0.29) is 11.6 Å². The normalized spacial score (nSPS) is 14.5. The molecule has 0 saturated carbocycles. The number of esters is 1. The molecule has 0 aromatic heterocycles. The van der Waals surface area contributed by atoms with Crippen molar-refractivity contribution >= 4 is 95.6 Å². The van der Waals surface area contributed by atoms with Crippen molar-refractivity contribution < 1.29 is 14.3 Å². The van der Waals surface area contributed by atoms with Crippen molar-refractivity contribution in [3.63, 3.8) is 0 Å². The Labute approximate surface area is 225 Å². The van der Waals surface area contributed by atoms with Gasteiger partial charge in [0, 0.05) is 8.59 Å². The molecule has 0 bridgehead atoms. The smallest absolute Gasteiger partial charge is 0.363 e. The van der Waals surface area contributed by atoms with E-state index >= 15 is 0 Å². The predicted molar refractivity (Wildman–Crippen MR) is 142 cm³/mol. The standard InChI is InChI=1S/C23H12Br2Cl2INO3/c24-17-7-13(8-18(25)21(17)31-11-12-1-3-14(26)4-2-12)9-20-23(30)32-22(29-20)16-10-15(28)5-6-19(16)27/h1-10H,11H2/b20-9-. The third-order valence-electron chi connectivity index (χ3n) is 4.40. The quantitative estimate of drug-likeness (QED) is 0.153. The summed E-state index contributed by atoms with van der Waals surface area (Å²) in [6.07, 6.45) is 1.65. The molecular formula is C23H12Br2Cl2INO3. The zero-order chi connectivity index (χ0) is 22.8. The lowest BCUT2D eigenvalue weighted by Crippen LogP contribution is -2.06. The second-order valence-electron chi connectivity index (χ2n) is 6.69. The Kier molecular flexibility index (Phi) is 7.62. The van der Waals surface area contributed by atoms with E-state index in [1.807, 2.05) is 48.5 Å². The summed E-state index contributed by atoms with van der Waals surface area (Å²) in [5.74, 6) is 0.294. The Balaban J connectivity index is 1.57. The molecule has 9 heteroatoms. The monoisotopic (exact) mass is 705 g/mol. The molecule has 0 saturated heterocycles. The third-order valence-corrected chi connectivity index (χ3v) is 6.83. The lowest BCUT2D eigenvalue weighted by molar-refractivity contribution is -0.129. The molecule has 0 amide bonds. The number of nitrogens with zero attached hydrogens (tertiary/aromatic N) is 1. The van der Waals surface area contributed by atoms with Crippen LogP contribution >= 0.6 is 77.7 Å². The summed E-state index contributed by atoms with van der Waals surface area (Å²) in [6, 6.07) is 16.6. The molecule has 162 valence electrons. The molecule has 0 spiro atoms. The number of hydrogen-bond donors (Lipinski definition) is 0. The maximum atomic E-state index is 12.4. The van der Waals surface area contributed by atoms with E-state index in [1.54, 1.807) is 12.1 Å². The van der Waals surface area contributed by atoms with Crippen LogP contribution in [0.4, 0.5) is 0 Å². The minimum absolute atomic E-state index is 0.184. The molecule has 1 aliphatic heterocycles. The first kappa shape index (κ1) is 23.8. The van der Waals surface area contributed by atoms with E-state index in [9.17, 15) is 4.79 Å². The molecular weight excluding hydrogens is 696 g/mol. The molecule has 4 nitrogen and oxygen atoms in total. The molecule has 0 atom stereocenters. The van der Waals surface area contributed by atoms with Crippen LogP contribution in [0.5, 0.6) is 5.75 Å². The average molecular weight is 708 g/mol. The van der Waals surface area contributed by atoms with E-state index in [1.165, 1.54) is 0 Å². The lowest BCUT2D eigenvalue weighted by atomic mass is 10.2. The van der Waals surface area contributed by atoms with Gasteiger partial charge in [-0.2, -0.15) is 0 Å². The number of hydrogen-bond acceptors (Lipinski definition) is 4. The van der Waals surface area contributed by atoms with Crippen molar-refractivity contribution in [1.29, 1.82) is 0 Å². The van der Waals surface area contributed by atoms with Gasteiger partial charge in [0.25, 0.3) is 0 Å². The Bertz CT molecular complexity index is 1250. The van der Waals surface area contributed by atoms with Gasteiger partial charge < -0.3 is 9.47 Å². The number of rotatable bonds is 5. The van der Waals surface area contributed by atoms with Crippen LogP contribution in [0.15, 0.2) is 74.2 Å². The van der Waals surface area contributed by atoms with Crippen LogP contribution in [-0.4, -0.2) is 11.9 Å². The van der Waals surface area contributed by atoms with Gasteiger partial charge in [0.05, 0.1) is 19.5 Å². The van der Waals surface area contributed by atoms with Crippen LogP contribution in [0.25, 0.3) is 6.08 Å². The molecule has 32 heavy (non-hydrogen) atoms. The molecule has 0 radical (unpaired) electrons. The van der Waals surface area contributed by atoms with Crippen molar-refractivity contribution in [3.05, 3.63) is 99.5 Å². The van der Waals surface area contributed by atoms with E-state index in [2.05, 4.69) is 59.4 Å². The highest BCUT2D eigenvalue weighted by Gasteiger charge is 2.26. The van der Waals surface area contributed by atoms with Crippen molar-refractivity contribution in [2.75, 3.05) is 0 Å². The predicted octanol–water partition coefficient (Wildman–Crippen LogP) is 8.05. The first-order valence-electron chi connectivity index (χ1n) is 9.14. The molecule has 0 fully saturated rings. The first-order valence-corrected chi connectivity index (χ1v) is 12.6. The van der Waals surface area contributed by atoms with Gasteiger partial charge in [-0.15, -0.1) is 0 Å². The minimum atomic E-state index is -0.537. The van der Waals surface area contributed by atoms with Crippen molar-refractivity contribution in [1.82, 2.24) is 0 Å². The maximum Gasteiger partial charge on any atom is 0.363 e. The maximum absolute atomic E-state index is 12.4. The number of aliphatic imine (C=N–C) groups is 1. The summed E-state index contributed by atoms with van der Waals surface area (Å²) in [6.45, 7) is 0.380. The topological polar surface area (TPSA) is 47.9 Å². The van der Waals surface area contributed by atoms with Gasteiger partial charge in [0.15, 0.2) is 5.70 Å². The number of cyclic esters (lactones) is 1. The van der Waals surface area contributed by atoms with Gasteiger partial charge in [0.1, 0.15) is 12.4 Å². The fraction of sp³-hybridized carbons (Fsp3) is 0.0435. The molecule has 0 N–H and O–H groups in total. The summed E-state index contributed by atoms with van der Waals surface area (Å²) >= 11 is 21.4. The van der Waals surface area contributed by atoms with Gasteiger partial charge >= 0.3 is 5.97 Å². The molecule has 1 aliphatic rings. The molecule has 0 unspecified atom stereocenters. The fourth-order valence-electron chi connectivity index (χ4n) is 2.88. The number of carbonyl (C=O) groups is 1. The first-order chi connectivity index (χ1) is 15.3. The summed E-state index contributed by atoms with van der Waals surface area (Å²) in [7, 11) is 0. The third kappa shape index (κ3) is 5.56. The Morgan fingerprint density at radius 3 is 2.41 bits per heavy atom. The van der Waals surface area contributed by atoms with Crippen LogP contribution in [0.2, 0.25) is 10.0 Å². The van der Waals surface area contributed by atoms with Crippen LogP contribution in [0.1, 0.15) is 16.7 Å². The van der Waals surface area contributed by atoms with E-state index < -0.39 is 5.97 Å². The molecule has 0 aliphatic carbocycles. The van der Waals surface area contributed by atoms with Crippen molar-refractivity contribution in [2.24, 2.45) is 4.99 Å². The Hall–Kier alpha value is -1.39. The zero-order valence-electron chi connectivity index (χ0n) is 16.0. The summed E-state index contributed by atoms with van der Waals surface area (Å²) < 4.78 is 13.7. The van der Waals surface area contributed by atoms with Crippen molar-refractivity contribution in [2.45, 2.75) is 6.61 Å². The van der Waals surface area contributed by atoms with Gasteiger partial charge in [-0.05, 0) is 114 Å². The average Bonchev–Trinajstić information content (AvgIpc) is 3.10. The summed E-state index contributed by atoms with van der Waals surface area (Å²) in [5, 5.41) is 1.14. The highest BCUT2D eigenvalue weighted by Crippen LogP contribution is 2.36. The Morgan fingerprint density at radius 1 is 1.03 bits per heavy atom. The number of benzene rings is 3. The Morgan fingerprint density at radius 2 is 1.72 bits per heavy atom. The summed E-state index contributed by atoms with van der Waals surface area (Å²) in [4.78, 5) is 16.7. The largest absolute Gasteiger partial charge is 0.487 e. The number of halogens is 5. The van der Waals surface area contributed by atoms with Crippen molar-refractivity contribution in [3.8, 4) is 5.75 Å². The van der Waals surface area contributed by atoms with Gasteiger partial charge in [-0.1, -0.05) is 35.3 Å². The van der Waals surface area contributed by atoms with E-state index in [0.29, 0.717) is 28.0 Å².